The summed E-state index contributed by atoms with van der Waals surface area (Å²) in [6.45, 7) is -0.214. The molecule has 0 heterocycles. The van der Waals surface area contributed by atoms with Gasteiger partial charge in [-0.3, -0.25) is 4.72 Å². The molecule has 0 unspecified atom stereocenters. The molecule has 0 spiro atoms. The van der Waals surface area contributed by atoms with Gasteiger partial charge in [-0.15, -0.1) is 0 Å². The maximum Gasteiger partial charge on any atom is 0.261 e. The second kappa shape index (κ2) is 6.13. The highest BCUT2D eigenvalue weighted by Crippen LogP contribution is 2.28. The van der Waals surface area contributed by atoms with Crippen LogP contribution in [0.15, 0.2) is 51.8 Å². The van der Waals surface area contributed by atoms with Crippen LogP contribution in [-0.4, -0.2) is 13.5 Å². The number of benzene rings is 2. The van der Waals surface area contributed by atoms with Gasteiger partial charge in [0.2, 0.25) is 0 Å². The van der Waals surface area contributed by atoms with E-state index in [1.807, 2.05) is 0 Å². The Morgan fingerprint density at radius 1 is 1.20 bits per heavy atom. The second-order valence-electron chi connectivity index (χ2n) is 4.04. The van der Waals surface area contributed by atoms with Crippen molar-refractivity contribution in [2.24, 2.45) is 0 Å². The SMILES string of the molecule is O=S(=O)(Nc1ccc(Cl)cc1Br)c1cccc(CO)c1. The summed E-state index contributed by atoms with van der Waals surface area (Å²) < 4.78 is 27.5. The Bertz CT molecular complexity index is 734. The third kappa shape index (κ3) is 3.52. The normalized spacial score (nSPS) is 11.3. The minimum atomic E-state index is -3.72. The highest BCUT2D eigenvalue weighted by atomic mass is 79.9. The molecule has 0 bridgehead atoms. The van der Waals surface area contributed by atoms with Crippen molar-refractivity contribution in [3.05, 3.63) is 57.5 Å². The van der Waals surface area contributed by atoms with Gasteiger partial charge >= 0.3 is 0 Å². The Labute approximate surface area is 130 Å². The van der Waals surface area contributed by atoms with Crippen molar-refractivity contribution >= 4 is 43.2 Å². The molecule has 2 N–H and O–H groups in total. The van der Waals surface area contributed by atoms with E-state index in [1.165, 1.54) is 12.1 Å². The van der Waals surface area contributed by atoms with Gasteiger partial charge in [0.25, 0.3) is 10.0 Å². The summed E-state index contributed by atoms with van der Waals surface area (Å²) in [5.74, 6) is 0. The summed E-state index contributed by atoms with van der Waals surface area (Å²) in [6, 6.07) is 10.9. The molecular weight excluding hydrogens is 366 g/mol. The molecule has 0 saturated heterocycles. The lowest BCUT2D eigenvalue weighted by Crippen LogP contribution is -2.13. The van der Waals surface area contributed by atoms with Crippen molar-refractivity contribution in [3.63, 3.8) is 0 Å². The summed E-state index contributed by atoms with van der Waals surface area (Å²) in [4.78, 5) is 0.0888. The molecule has 4 nitrogen and oxygen atoms in total. The van der Waals surface area contributed by atoms with E-state index in [-0.39, 0.29) is 11.5 Å². The Morgan fingerprint density at radius 2 is 1.95 bits per heavy atom. The zero-order valence-corrected chi connectivity index (χ0v) is 13.3. The molecule has 0 radical (unpaired) electrons. The van der Waals surface area contributed by atoms with Crippen LogP contribution in [0.3, 0.4) is 0 Å². The third-order valence-electron chi connectivity index (χ3n) is 2.57. The molecule has 2 aromatic rings. The summed E-state index contributed by atoms with van der Waals surface area (Å²) in [5.41, 5.74) is 0.923. The van der Waals surface area contributed by atoms with Gasteiger partial charge in [-0.25, -0.2) is 8.42 Å². The Hall–Kier alpha value is -1.08. The number of hydrogen-bond donors (Lipinski definition) is 2. The molecule has 106 valence electrons. The van der Waals surface area contributed by atoms with Gasteiger partial charge in [0.05, 0.1) is 17.2 Å². The van der Waals surface area contributed by atoms with Crippen molar-refractivity contribution in [1.29, 1.82) is 0 Å². The first-order chi connectivity index (χ1) is 9.42. The fourth-order valence-electron chi connectivity index (χ4n) is 1.59. The summed E-state index contributed by atoms with van der Waals surface area (Å²) in [6.07, 6.45) is 0. The van der Waals surface area contributed by atoms with Gasteiger partial charge in [0.15, 0.2) is 0 Å². The number of aliphatic hydroxyl groups is 1. The maximum absolute atomic E-state index is 12.3. The average Bonchev–Trinajstić information content (AvgIpc) is 2.42. The van der Waals surface area contributed by atoms with E-state index < -0.39 is 10.0 Å². The van der Waals surface area contributed by atoms with Crippen LogP contribution < -0.4 is 4.72 Å². The molecule has 0 aliphatic rings. The summed E-state index contributed by atoms with van der Waals surface area (Å²) in [5, 5.41) is 9.56. The van der Waals surface area contributed by atoms with Crippen molar-refractivity contribution in [2.75, 3.05) is 4.72 Å². The first-order valence-corrected chi connectivity index (χ1v) is 8.25. The van der Waals surface area contributed by atoms with E-state index in [9.17, 15) is 8.42 Å². The van der Waals surface area contributed by atoms with E-state index >= 15 is 0 Å². The van der Waals surface area contributed by atoms with E-state index in [2.05, 4.69) is 20.7 Å². The Kier molecular flexibility index (Phi) is 4.70. The van der Waals surface area contributed by atoms with Crippen LogP contribution in [0.5, 0.6) is 0 Å². The quantitative estimate of drug-likeness (QED) is 0.859. The van der Waals surface area contributed by atoms with E-state index in [0.717, 1.165) is 0 Å². The molecule has 0 saturated carbocycles. The molecule has 0 fully saturated rings. The minimum Gasteiger partial charge on any atom is -0.392 e. The molecule has 2 aromatic carbocycles. The van der Waals surface area contributed by atoms with Crippen LogP contribution in [0.25, 0.3) is 0 Å². The van der Waals surface area contributed by atoms with Gasteiger partial charge < -0.3 is 5.11 Å². The van der Waals surface area contributed by atoms with Crippen molar-refractivity contribution in [3.8, 4) is 0 Å². The standard InChI is InChI=1S/C13H11BrClNO3S/c14-12-7-10(15)4-5-13(12)16-20(18,19)11-3-1-2-9(6-11)8-17/h1-7,16-17H,8H2. The fourth-order valence-corrected chi connectivity index (χ4v) is 3.65. The number of halogens is 2. The zero-order valence-electron chi connectivity index (χ0n) is 10.2. The first-order valence-electron chi connectivity index (χ1n) is 5.60. The largest absolute Gasteiger partial charge is 0.392 e. The smallest absolute Gasteiger partial charge is 0.261 e. The van der Waals surface area contributed by atoms with Crippen LogP contribution in [0.2, 0.25) is 5.02 Å². The first kappa shape index (κ1) is 15.3. The minimum absolute atomic E-state index is 0.0888. The fraction of sp³-hybridized carbons (Fsp3) is 0.0769. The van der Waals surface area contributed by atoms with E-state index in [1.54, 1.807) is 30.3 Å². The summed E-state index contributed by atoms with van der Waals surface area (Å²) in [7, 11) is -3.72. The predicted molar refractivity (Wildman–Crippen MR) is 82.3 cm³/mol. The van der Waals surface area contributed by atoms with Gasteiger partial charge in [-0.1, -0.05) is 23.7 Å². The van der Waals surface area contributed by atoms with E-state index in [0.29, 0.717) is 20.7 Å². The predicted octanol–water partition coefficient (Wildman–Crippen LogP) is 3.40. The molecule has 7 heteroatoms. The second-order valence-corrected chi connectivity index (χ2v) is 7.01. The maximum atomic E-state index is 12.3. The number of anilines is 1. The average molecular weight is 377 g/mol. The van der Waals surface area contributed by atoms with E-state index in [4.69, 9.17) is 16.7 Å². The van der Waals surface area contributed by atoms with Gasteiger partial charge in [0.1, 0.15) is 0 Å². The molecule has 0 amide bonds. The number of nitrogens with one attached hydrogen (secondary N) is 1. The lowest BCUT2D eigenvalue weighted by molar-refractivity contribution is 0.281. The van der Waals surface area contributed by atoms with Crippen molar-refractivity contribution < 1.29 is 13.5 Å². The van der Waals surface area contributed by atoms with Gasteiger partial charge in [-0.2, -0.15) is 0 Å². The number of aliphatic hydroxyl groups excluding tert-OH is 1. The van der Waals surface area contributed by atoms with Crippen LogP contribution in [-0.2, 0) is 16.6 Å². The van der Waals surface area contributed by atoms with Crippen LogP contribution in [0, 0.1) is 0 Å². The van der Waals surface area contributed by atoms with Crippen molar-refractivity contribution in [1.82, 2.24) is 0 Å². The molecule has 0 aliphatic heterocycles. The zero-order chi connectivity index (χ0) is 14.8. The number of rotatable bonds is 4. The molecule has 0 aliphatic carbocycles. The summed E-state index contributed by atoms with van der Waals surface area (Å²) >= 11 is 9.06. The van der Waals surface area contributed by atoms with Gasteiger partial charge in [0, 0.05) is 9.50 Å². The topological polar surface area (TPSA) is 66.4 Å². The van der Waals surface area contributed by atoms with Gasteiger partial charge in [-0.05, 0) is 51.8 Å². The van der Waals surface area contributed by atoms with Crippen LogP contribution >= 0.6 is 27.5 Å². The Balaban J connectivity index is 2.35. The molecular formula is C13H11BrClNO3S. The lowest BCUT2D eigenvalue weighted by atomic mass is 10.2. The van der Waals surface area contributed by atoms with Crippen LogP contribution in [0.1, 0.15) is 5.56 Å². The molecule has 20 heavy (non-hydrogen) atoms. The number of hydrogen-bond acceptors (Lipinski definition) is 3. The van der Waals surface area contributed by atoms with Crippen molar-refractivity contribution in [2.45, 2.75) is 11.5 Å². The lowest BCUT2D eigenvalue weighted by Gasteiger charge is -2.10. The molecule has 0 atom stereocenters. The number of sulfonamides is 1. The highest BCUT2D eigenvalue weighted by molar-refractivity contribution is 9.10. The monoisotopic (exact) mass is 375 g/mol. The molecule has 2 rings (SSSR count). The Morgan fingerprint density at radius 3 is 2.60 bits per heavy atom. The highest BCUT2D eigenvalue weighted by Gasteiger charge is 2.16. The third-order valence-corrected chi connectivity index (χ3v) is 4.82. The van der Waals surface area contributed by atoms with Crippen LogP contribution in [0.4, 0.5) is 5.69 Å². The molecule has 0 aromatic heterocycles.